The molecular formula is C20H26N4O3. The molecule has 3 atom stereocenters. The van der Waals surface area contributed by atoms with E-state index in [0.717, 1.165) is 17.7 Å². The highest BCUT2D eigenvalue weighted by molar-refractivity contribution is 6.09. The van der Waals surface area contributed by atoms with Gasteiger partial charge in [0.25, 0.3) is 5.91 Å². The first-order chi connectivity index (χ1) is 12.9. The van der Waals surface area contributed by atoms with Gasteiger partial charge in [0.05, 0.1) is 0 Å². The van der Waals surface area contributed by atoms with Gasteiger partial charge in [-0.15, -0.1) is 0 Å². The molecule has 1 aromatic carbocycles. The first kappa shape index (κ1) is 18.0. The van der Waals surface area contributed by atoms with Gasteiger partial charge in [-0.3, -0.25) is 14.5 Å². The van der Waals surface area contributed by atoms with E-state index in [2.05, 4.69) is 17.4 Å². The molecule has 0 spiro atoms. The number of nitrogens with zero attached hydrogens (tertiary/aromatic N) is 2. The third-order valence-electron chi connectivity index (χ3n) is 6.31. The molecular weight excluding hydrogens is 344 g/mol. The van der Waals surface area contributed by atoms with Crippen molar-refractivity contribution in [3.63, 3.8) is 0 Å². The summed E-state index contributed by atoms with van der Waals surface area (Å²) in [7, 11) is 0. The average molecular weight is 370 g/mol. The number of carbonyl (C=O) groups is 3. The van der Waals surface area contributed by atoms with Crippen molar-refractivity contribution in [1.82, 2.24) is 15.1 Å². The van der Waals surface area contributed by atoms with Crippen LogP contribution in [0.4, 0.5) is 4.79 Å². The lowest BCUT2D eigenvalue weighted by Crippen LogP contribution is -2.47. The lowest BCUT2D eigenvalue weighted by Gasteiger charge is -2.22. The van der Waals surface area contributed by atoms with Crippen LogP contribution in [0.15, 0.2) is 30.3 Å². The van der Waals surface area contributed by atoms with Crippen molar-refractivity contribution in [2.24, 2.45) is 17.6 Å². The number of carbonyl (C=O) groups excluding carboxylic acids is 3. The van der Waals surface area contributed by atoms with E-state index in [9.17, 15) is 14.4 Å². The van der Waals surface area contributed by atoms with Crippen molar-refractivity contribution in [1.29, 1.82) is 0 Å². The molecule has 27 heavy (non-hydrogen) atoms. The molecule has 3 N–H and O–H groups in total. The van der Waals surface area contributed by atoms with Gasteiger partial charge in [0, 0.05) is 19.0 Å². The Morgan fingerprint density at radius 3 is 2.56 bits per heavy atom. The number of hydrogen-bond donors (Lipinski definition) is 2. The lowest BCUT2D eigenvalue weighted by atomic mass is 9.89. The Labute approximate surface area is 158 Å². The minimum atomic E-state index is -0.852. The maximum absolute atomic E-state index is 12.8. The van der Waals surface area contributed by atoms with Crippen LogP contribution in [0.3, 0.4) is 0 Å². The topological polar surface area (TPSA) is 95.7 Å². The van der Waals surface area contributed by atoms with E-state index >= 15 is 0 Å². The van der Waals surface area contributed by atoms with Gasteiger partial charge in [0.1, 0.15) is 12.1 Å². The fourth-order valence-corrected chi connectivity index (χ4v) is 4.42. The zero-order valence-electron chi connectivity index (χ0n) is 15.6. The Balaban J connectivity index is 1.44. The summed E-state index contributed by atoms with van der Waals surface area (Å²) < 4.78 is 0. The maximum Gasteiger partial charge on any atom is 0.325 e. The minimum absolute atomic E-state index is 0.177. The summed E-state index contributed by atoms with van der Waals surface area (Å²) in [5.74, 6) is 0.0639. The summed E-state index contributed by atoms with van der Waals surface area (Å²) in [4.78, 5) is 40.7. The van der Waals surface area contributed by atoms with E-state index in [4.69, 9.17) is 5.73 Å². The quantitative estimate of drug-likeness (QED) is 0.753. The van der Waals surface area contributed by atoms with Crippen LogP contribution in [0.1, 0.15) is 31.2 Å². The van der Waals surface area contributed by atoms with Crippen molar-refractivity contribution < 1.29 is 14.4 Å². The average Bonchev–Trinajstić information content (AvgIpc) is 3.40. The van der Waals surface area contributed by atoms with E-state index < -0.39 is 11.6 Å². The summed E-state index contributed by atoms with van der Waals surface area (Å²) in [6.07, 6.45) is 1.88. The van der Waals surface area contributed by atoms with Crippen molar-refractivity contribution in [3.05, 3.63) is 35.9 Å². The monoisotopic (exact) mass is 370 g/mol. The van der Waals surface area contributed by atoms with E-state index in [1.54, 1.807) is 11.8 Å². The van der Waals surface area contributed by atoms with Crippen LogP contribution in [0, 0.1) is 11.8 Å². The van der Waals surface area contributed by atoms with Gasteiger partial charge in [-0.25, -0.2) is 4.79 Å². The second-order valence-corrected chi connectivity index (χ2v) is 8.11. The van der Waals surface area contributed by atoms with Crippen LogP contribution < -0.4 is 11.1 Å². The van der Waals surface area contributed by atoms with Gasteiger partial charge >= 0.3 is 6.03 Å². The van der Waals surface area contributed by atoms with Crippen LogP contribution in [0.2, 0.25) is 0 Å². The Bertz CT molecular complexity index is 764. The fourth-order valence-electron chi connectivity index (χ4n) is 4.42. The van der Waals surface area contributed by atoms with E-state index in [-0.39, 0.29) is 36.1 Å². The summed E-state index contributed by atoms with van der Waals surface area (Å²) >= 11 is 0. The van der Waals surface area contributed by atoms with Gasteiger partial charge in [-0.05, 0) is 43.7 Å². The van der Waals surface area contributed by atoms with Crippen molar-refractivity contribution in [2.75, 3.05) is 26.2 Å². The number of rotatable bonds is 5. The van der Waals surface area contributed by atoms with Crippen LogP contribution in [-0.4, -0.2) is 59.4 Å². The minimum Gasteiger partial charge on any atom is -0.340 e. The molecule has 0 radical (unpaired) electrons. The largest absolute Gasteiger partial charge is 0.340 e. The molecule has 0 aromatic heterocycles. The summed E-state index contributed by atoms with van der Waals surface area (Å²) in [6, 6.07) is 9.59. The first-order valence-electron chi connectivity index (χ1n) is 9.61. The predicted molar refractivity (Wildman–Crippen MR) is 99.7 cm³/mol. The number of likely N-dealkylation sites (tertiary alicyclic amines) is 1. The summed E-state index contributed by atoms with van der Waals surface area (Å²) in [5.41, 5.74) is 6.25. The van der Waals surface area contributed by atoms with Gasteiger partial charge in [0.15, 0.2) is 0 Å². The SMILES string of the molecule is CC1(C2CC2)NC(=O)N(CC(=O)N2C[C@@H](CN)[C@H](c3ccccc3)C2)C1=O. The second-order valence-electron chi connectivity index (χ2n) is 8.11. The van der Waals surface area contributed by atoms with Gasteiger partial charge in [-0.1, -0.05) is 30.3 Å². The molecule has 2 aliphatic heterocycles. The Hall–Kier alpha value is -2.41. The number of nitrogens with one attached hydrogen (secondary N) is 1. The molecule has 4 amide bonds. The zero-order valence-corrected chi connectivity index (χ0v) is 15.6. The molecule has 4 rings (SSSR count). The molecule has 2 saturated heterocycles. The molecule has 1 aliphatic carbocycles. The highest BCUT2D eigenvalue weighted by Crippen LogP contribution is 2.42. The third-order valence-corrected chi connectivity index (χ3v) is 6.31. The molecule has 1 saturated carbocycles. The Morgan fingerprint density at radius 1 is 1.22 bits per heavy atom. The van der Waals surface area contributed by atoms with Crippen molar-refractivity contribution >= 4 is 17.8 Å². The maximum atomic E-state index is 12.8. The number of urea groups is 1. The first-order valence-corrected chi connectivity index (χ1v) is 9.61. The second kappa shape index (κ2) is 6.64. The summed E-state index contributed by atoms with van der Waals surface area (Å²) in [5, 5.41) is 2.79. The van der Waals surface area contributed by atoms with E-state index in [0.29, 0.717) is 19.6 Å². The van der Waals surface area contributed by atoms with Crippen LogP contribution in [-0.2, 0) is 9.59 Å². The highest BCUT2D eigenvalue weighted by Gasteiger charge is 2.56. The molecule has 7 heteroatoms. The Morgan fingerprint density at radius 2 is 1.93 bits per heavy atom. The molecule has 1 unspecified atom stereocenters. The van der Waals surface area contributed by atoms with Gasteiger partial charge in [-0.2, -0.15) is 0 Å². The van der Waals surface area contributed by atoms with Crippen molar-refractivity contribution in [2.45, 2.75) is 31.2 Å². The standard InChI is InChI=1S/C20H26N4O3/c1-20(15-7-8-15)18(26)24(19(27)22-20)12-17(25)23-10-14(9-21)16(11-23)13-5-3-2-4-6-13/h2-6,14-16H,7-12,21H2,1H3,(H,22,27)/t14-,16+,20?/m1/s1. The van der Waals surface area contributed by atoms with Crippen LogP contribution >= 0.6 is 0 Å². The predicted octanol–water partition coefficient (Wildman–Crippen LogP) is 0.908. The Kier molecular flexibility index (Phi) is 4.42. The third kappa shape index (κ3) is 3.10. The molecule has 1 aromatic rings. The number of imide groups is 1. The molecule has 0 bridgehead atoms. The van der Waals surface area contributed by atoms with E-state index in [1.807, 2.05) is 18.2 Å². The summed E-state index contributed by atoms with van der Waals surface area (Å²) in [6.45, 7) is 3.17. The molecule has 2 heterocycles. The molecule has 144 valence electrons. The molecule has 3 fully saturated rings. The van der Waals surface area contributed by atoms with E-state index in [1.165, 1.54) is 5.56 Å². The molecule has 7 nitrogen and oxygen atoms in total. The van der Waals surface area contributed by atoms with Crippen LogP contribution in [0.25, 0.3) is 0 Å². The number of hydrogen-bond acceptors (Lipinski definition) is 4. The fraction of sp³-hybridized carbons (Fsp3) is 0.550. The normalized spacial score (nSPS) is 30.7. The zero-order chi connectivity index (χ0) is 19.2. The van der Waals surface area contributed by atoms with Crippen LogP contribution in [0.5, 0.6) is 0 Å². The highest BCUT2D eigenvalue weighted by atomic mass is 16.2. The smallest absolute Gasteiger partial charge is 0.325 e. The lowest BCUT2D eigenvalue weighted by molar-refractivity contribution is -0.138. The number of nitrogens with two attached hydrogens (primary N) is 1. The van der Waals surface area contributed by atoms with Crippen molar-refractivity contribution in [3.8, 4) is 0 Å². The number of benzene rings is 1. The number of amides is 4. The molecule has 3 aliphatic rings. The van der Waals surface area contributed by atoms with Gasteiger partial charge in [0.2, 0.25) is 5.91 Å². The van der Waals surface area contributed by atoms with Gasteiger partial charge < -0.3 is 16.0 Å².